The molecule has 1 atom stereocenters. The number of amides is 1. The Kier molecular flexibility index (Phi) is 5.62. The van der Waals surface area contributed by atoms with E-state index in [1.165, 1.54) is 0 Å². The molecule has 0 bridgehead atoms. The highest BCUT2D eigenvalue weighted by Crippen LogP contribution is 2.24. The van der Waals surface area contributed by atoms with E-state index >= 15 is 0 Å². The van der Waals surface area contributed by atoms with Gasteiger partial charge in [0.05, 0.1) is 13.7 Å². The van der Waals surface area contributed by atoms with E-state index in [1.54, 1.807) is 20.1 Å². The molecule has 1 N–H and O–H groups in total. The molecule has 0 saturated carbocycles. The molecule has 1 aromatic carbocycles. The first-order chi connectivity index (χ1) is 10.6. The van der Waals surface area contributed by atoms with Crippen molar-refractivity contribution >= 4 is 22.6 Å². The number of carbonyl (C=O) groups is 1. The third kappa shape index (κ3) is 4.12. The maximum Gasteiger partial charge on any atom is 0.255 e. The Morgan fingerprint density at radius 2 is 2.36 bits per heavy atom. The minimum Gasteiger partial charge on any atom is -0.497 e. The summed E-state index contributed by atoms with van der Waals surface area (Å²) < 4.78 is 14.7. The highest BCUT2D eigenvalue weighted by molar-refractivity contribution is 7.10. The number of benzene rings is 1. The normalized spacial score (nSPS) is 11.7. The van der Waals surface area contributed by atoms with Crippen molar-refractivity contribution in [3.63, 3.8) is 0 Å². The zero-order valence-corrected chi connectivity index (χ0v) is 13.2. The molecule has 2 aromatic rings. The van der Waals surface area contributed by atoms with E-state index in [2.05, 4.69) is 21.3 Å². The Morgan fingerprint density at radius 3 is 3.09 bits per heavy atom. The molecule has 0 aliphatic carbocycles. The van der Waals surface area contributed by atoms with E-state index in [1.807, 2.05) is 24.3 Å². The van der Waals surface area contributed by atoms with Gasteiger partial charge >= 0.3 is 0 Å². The molecule has 0 aliphatic heterocycles. The Morgan fingerprint density at radius 1 is 1.55 bits per heavy atom. The standard InChI is InChI=1S/C15H17N3O3S/c1-4-8-21-10(2)14(19)17-15-16-13(18-22-15)11-6-5-7-12(9-11)20-3/h4-7,9-10H,1,8H2,2-3H3,(H,16,17,18,19)/t10-/m1/s1. The topological polar surface area (TPSA) is 73.3 Å². The molecule has 0 saturated heterocycles. The van der Waals surface area contributed by atoms with Gasteiger partial charge in [-0.05, 0) is 19.1 Å². The van der Waals surface area contributed by atoms with Crippen LogP contribution in [0.5, 0.6) is 5.75 Å². The van der Waals surface area contributed by atoms with E-state index in [0.717, 1.165) is 22.8 Å². The first kappa shape index (κ1) is 16.1. The Balaban J connectivity index is 2.04. The summed E-state index contributed by atoms with van der Waals surface area (Å²) in [4.78, 5) is 16.2. The molecular weight excluding hydrogens is 302 g/mol. The Labute approximate surface area is 133 Å². The van der Waals surface area contributed by atoms with Crippen LogP contribution in [0.15, 0.2) is 36.9 Å². The third-order valence-corrected chi connectivity index (χ3v) is 3.45. The van der Waals surface area contributed by atoms with Gasteiger partial charge in [0.15, 0.2) is 5.82 Å². The number of hydrogen-bond acceptors (Lipinski definition) is 6. The van der Waals surface area contributed by atoms with Crippen LogP contribution >= 0.6 is 11.5 Å². The minimum absolute atomic E-state index is 0.268. The van der Waals surface area contributed by atoms with Crippen molar-refractivity contribution in [2.24, 2.45) is 0 Å². The molecule has 2 rings (SSSR count). The van der Waals surface area contributed by atoms with Crippen molar-refractivity contribution in [3.8, 4) is 17.1 Å². The summed E-state index contributed by atoms with van der Waals surface area (Å²) in [5, 5.41) is 3.11. The van der Waals surface area contributed by atoms with Crippen LogP contribution in [0.2, 0.25) is 0 Å². The number of nitrogens with one attached hydrogen (secondary N) is 1. The molecule has 0 aliphatic rings. The van der Waals surface area contributed by atoms with Gasteiger partial charge in [0.1, 0.15) is 11.9 Å². The van der Waals surface area contributed by atoms with Gasteiger partial charge in [-0.2, -0.15) is 9.36 Å². The van der Waals surface area contributed by atoms with Gasteiger partial charge in [-0.1, -0.05) is 18.2 Å². The van der Waals surface area contributed by atoms with Gasteiger partial charge in [-0.15, -0.1) is 6.58 Å². The predicted molar refractivity (Wildman–Crippen MR) is 86.1 cm³/mol. The lowest BCUT2D eigenvalue weighted by Crippen LogP contribution is -2.27. The van der Waals surface area contributed by atoms with Crippen LogP contribution in [0.4, 0.5) is 5.13 Å². The number of anilines is 1. The summed E-state index contributed by atoms with van der Waals surface area (Å²) in [7, 11) is 1.60. The van der Waals surface area contributed by atoms with Crippen molar-refractivity contribution in [3.05, 3.63) is 36.9 Å². The zero-order chi connectivity index (χ0) is 15.9. The summed E-state index contributed by atoms with van der Waals surface area (Å²) >= 11 is 1.12. The molecule has 1 heterocycles. The molecule has 0 fully saturated rings. The lowest BCUT2D eigenvalue weighted by Gasteiger charge is -2.09. The molecule has 116 valence electrons. The second-order valence-corrected chi connectivity index (χ2v) is 5.16. The Hall–Kier alpha value is -2.25. The van der Waals surface area contributed by atoms with E-state index < -0.39 is 6.10 Å². The summed E-state index contributed by atoms with van der Waals surface area (Å²) in [6.45, 7) is 5.53. The van der Waals surface area contributed by atoms with Crippen LogP contribution in [-0.2, 0) is 9.53 Å². The van der Waals surface area contributed by atoms with Gasteiger partial charge in [0.2, 0.25) is 5.13 Å². The molecular formula is C15H17N3O3S. The van der Waals surface area contributed by atoms with Crippen molar-refractivity contribution in [2.75, 3.05) is 19.0 Å². The number of nitrogens with zero attached hydrogens (tertiary/aromatic N) is 2. The number of ether oxygens (including phenoxy) is 2. The van der Waals surface area contributed by atoms with Crippen molar-refractivity contribution < 1.29 is 14.3 Å². The maximum atomic E-state index is 11.9. The predicted octanol–water partition coefficient (Wildman–Crippen LogP) is 2.74. The summed E-state index contributed by atoms with van der Waals surface area (Å²) in [6.07, 6.45) is 1.01. The molecule has 1 amide bonds. The van der Waals surface area contributed by atoms with Gasteiger partial charge in [0, 0.05) is 17.1 Å². The Bertz CT molecular complexity index is 657. The molecule has 6 nitrogen and oxygen atoms in total. The lowest BCUT2D eigenvalue weighted by atomic mass is 10.2. The first-order valence-electron chi connectivity index (χ1n) is 6.65. The van der Waals surface area contributed by atoms with E-state index in [-0.39, 0.29) is 5.91 Å². The quantitative estimate of drug-likeness (QED) is 0.794. The molecule has 0 radical (unpaired) electrons. The largest absolute Gasteiger partial charge is 0.497 e. The molecule has 22 heavy (non-hydrogen) atoms. The van der Waals surface area contributed by atoms with Gasteiger partial charge in [0.25, 0.3) is 5.91 Å². The van der Waals surface area contributed by atoms with Crippen LogP contribution in [0, 0.1) is 0 Å². The zero-order valence-electron chi connectivity index (χ0n) is 12.4. The number of methoxy groups -OCH3 is 1. The van der Waals surface area contributed by atoms with Crippen molar-refractivity contribution in [1.82, 2.24) is 9.36 Å². The average Bonchev–Trinajstić information content (AvgIpc) is 3.01. The number of carbonyl (C=O) groups excluding carboxylic acids is 1. The van der Waals surface area contributed by atoms with Crippen LogP contribution in [0.25, 0.3) is 11.4 Å². The molecule has 7 heteroatoms. The van der Waals surface area contributed by atoms with Crippen LogP contribution < -0.4 is 10.1 Å². The van der Waals surface area contributed by atoms with Crippen molar-refractivity contribution in [2.45, 2.75) is 13.0 Å². The molecule has 1 aromatic heterocycles. The summed E-state index contributed by atoms with van der Waals surface area (Å²) in [5.74, 6) is 0.999. The summed E-state index contributed by atoms with van der Waals surface area (Å²) in [5.41, 5.74) is 0.826. The number of hydrogen-bond donors (Lipinski definition) is 1. The average molecular weight is 319 g/mol. The number of aromatic nitrogens is 2. The molecule has 0 spiro atoms. The third-order valence-electron chi connectivity index (χ3n) is 2.82. The van der Waals surface area contributed by atoms with E-state index in [4.69, 9.17) is 9.47 Å². The number of rotatable bonds is 7. The van der Waals surface area contributed by atoms with Gasteiger partial charge in [-0.25, -0.2) is 0 Å². The highest BCUT2D eigenvalue weighted by Gasteiger charge is 2.15. The highest BCUT2D eigenvalue weighted by atomic mass is 32.1. The van der Waals surface area contributed by atoms with Crippen LogP contribution in [0.1, 0.15) is 6.92 Å². The van der Waals surface area contributed by atoms with E-state index in [9.17, 15) is 4.79 Å². The first-order valence-corrected chi connectivity index (χ1v) is 7.43. The minimum atomic E-state index is -0.581. The van der Waals surface area contributed by atoms with E-state index in [0.29, 0.717) is 17.6 Å². The van der Waals surface area contributed by atoms with Crippen LogP contribution in [0.3, 0.4) is 0 Å². The fourth-order valence-corrected chi connectivity index (χ4v) is 2.24. The fraction of sp³-hybridized carbons (Fsp3) is 0.267. The van der Waals surface area contributed by atoms with Gasteiger partial charge < -0.3 is 9.47 Å². The molecule has 0 unspecified atom stereocenters. The second kappa shape index (κ2) is 7.67. The lowest BCUT2D eigenvalue weighted by molar-refractivity contribution is -0.125. The SMILES string of the molecule is C=CCO[C@H](C)C(=O)Nc1nc(-c2cccc(OC)c2)ns1. The smallest absolute Gasteiger partial charge is 0.255 e. The van der Waals surface area contributed by atoms with Crippen molar-refractivity contribution in [1.29, 1.82) is 0 Å². The second-order valence-electron chi connectivity index (χ2n) is 4.41. The fourth-order valence-electron chi connectivity index (χ4n) is 1.65. The van der Waals surface area contributed by atoms with Gasteiger partial charge in [-0.3, -0.25) is 10.1 Å². The monoisotopic (exact) mass is 319 g/mol. The van der Waals surface area contributed by atoms with Crippen LogP contribution in [-0.4, -0.2) is 35.1 Å². The summed E-state index contributed by atoms with van der Waals surface area (Å²) in [6, 6.07) is 7.42. The maximum absolute atomic E-state index is 11.9.